The average molecular weight is 290 g/mol. The van der Waals surface area contributed by atoms with Crippen molar-refractivity contribution in [3.8, 4) is 0 Å². The van der Waals surface area contributed by atoms with Gasteiger partial charge in [0.15, 0.2) is 0 Å². The van der Waals surface area contributed by atoms with Gasteiger partial charge in [-0.3, -0.25) is 9.59 Å². The summed E-state index contributed by atoms with van der Waals surface area (Å²) in [5.41, 5.74) is -0.688. The van der Waals surface area contributed by atoms with Crippen molar-refractivity contribution in [2.24, 2.45) is 17.8 Å². The topological polar surface area (TPSA) is 49.4 Å². The molecule has 5 aliphatic rings. The zero-order valence-corrected chi connectivity index (χ0v) is 13.2. The lowest BCUT2D eigenvalue weighted by Crippen LogP contribution is -2.65. The molecule has 0 radical (unpaired) electrons. The van der Waals surface area contributed by atoms with Crippen molar-refractivity contribution in [2.45, 2.75) is 69.9 Å². The molecule has 0 aromatic rings. The van der Waals surface area contributed by atoms with Crippen LogP contribution in [-0.4, -0.2) is 34.3 Å². The van der Waals surface area contributed by atoms with Crippen LogP contribution in [0.5, 0.6) is 0 Å². The van der Waals surface area contributed by atoms with E-state index < -0.39 is 5.54 Å². The van der Waals surface area contributed by atoms with Crippen LogP contribution in [0, 0.1) is 17.8 Å². The lowest BCUT2D eigenvalue weighted by atomic mass is 9.52. The van der Waals surface area contributed by atoms with Crippen molar-refractivity contribution < 1.29 is 9.59 Å². The van der Waals surface area contributed by atoms with Gasteiger partial charge in [-0.2, -0.15) is 0 Å². The normalized spacial score (nSPS) is 44.7. The van der Waals surface area contributed by atoms with Gasteiger partial charge in [0.2, 0.25) is 11.8 Å². The van der Waals surface area contributed by atoms with E-state index in [0.717, 1.165) is 17.8 Å². The fourth-order valence-electron chi connectivity index (χ4n) is 5.96. The van der Waals surface area contributed by atoms with Crippen LogP contribution in [0.2, 0.25) is 0 Å². The van der Waals surface area contributed by atoms with Gasteiger partial charge < -0.3 is 10.2 Å². The van der Waals surface area contributed by atoms with E-state index in [1.54, 1.807) is 0 Å². The quantitative estimate of drug-likeness (QED) is 0.804. The molecule has 2 amide bonds. The summed E-state index contributed by atoms with van der Waals surface area (Å²) in [5, 5.41) is 2.90. The highest BCUT2D eigenvalue weighted by molar-refractivity contribution is 5.93. The number of carbonyl (C=O) groups is 2. The van der Waals surface area contributed by atoms with Gasteiger partial charge in [0.05, 0.1) is 0 Å². The standard InChI is InChI=1S/C17H26N2O2/c1-16(2)15(21)19(4-3-14(20)18-16)17-8-11-5-12(9-17)7-13(6-11)10-17/h11-13H,3-10H2,1-2H3,(H,18,20). The molecule has 0 unspecified atom stereocenters. The molecule has 5 fully saturated rings. The third-order valence-corrected chi connectivity index (χ3v) is 6.37. The molecule has 1 heterocycles. The molecular formula is C17H26N2O2. The Morgan fingerprint density at radius 1 is 1.00 bits per heavy atom. The highest BCUT2D eigenvalue weighted by atomic mass is 16.2. The molecule has 0 atom stereocenters. The van der Waals surface area contributed by atoms with E-state index in [0.29, 0.717) is 13.0 Å². The first kappa shape index (κ1) is 13.6. The van der Waals surface area contributed by atoms with E-state index >= 15 is 0 Å². The Bertz CT molecular complexity index is 462. The van der Waals surface area contributed by atoms with Crippen LogP contribution in [0.4, 0.5) is 0 Å². The largest absolute Gasteiger partial charge is 0.342 e. The van der Waals surface area contributed by atoms with E-state index in [-0.39, 0.29) is 17.4 Å². The molecule has 116 valence electrons. The summed E-state index contributed by atoms with van der Waals surface area (Å²) in [5.74, 6) is 2.60. The fraction of sp³-hybridized carbons (Fsp3) is 0.882. The lowest BCUT2D eigenvalue weighted by Gasteiger charge is -2.60. The molecule has 4 heteroatoms. The third-order valence-electron chi connectivity index (χ3n) is 6.37. The summed E-state index contributed by atoms with van der Waals surface area (Å²) >= 11 is 0. The van der Waals surface area contributed by atoms with E-state index in [9.17, 15) is 9.59 Å². The Kier molecular flexibility index (Phi) is 2.74. The van der Waals surface area contributed by atoms with Gasteiger partial charge in [-0.05, 0) is 70.1 Å². The number of nitrogens with zero attached hydrogens (tertiary/aromatic N) is 1. The van der Waals surface area contributed by atoms with Gasteiger partial charge in [0.1, 0.15) is 5.54 Å². The zero-order valence-electron chi connectivity index (χ0n) is 13.2. The summed E-state index contributed by atoms with van der Waals surface area (Å²) in [6.07, 6.45) is 8.11. The van der Waals surface area contributed by atoms with Gasteiger partial charge in [-0.25, -0.2) is 0 Å². The number of nitrogens with one attached hydrogen (secondary N) is 1. The molecule has 1 N–H and O–H groups in total. The van der Waals surface area contributed by atoms with Crippen molar-refractivity contribution in [3.63, 3.8) is 0 Å². The Labute approximate surface area is 126 Å². The smallest absolute Gasteiger partial charge is 0.248 e. The second kappa shape index (κ2) is 4.23. The second-order valence-electron chi connectivity index (χ2n) is 8.52. The summed E-state index contributed by atoms with van der Waals surface area (Å²) in [4.78, 5) is 27.1. The van der Waals surface area contributed by atoms with Gasteiger partial charge in [-0.1, -0.05) is 0 Å². The number of rotatable bonds is 1. The van der Waals surface area contributed by atoms with Gasteiger partial charge in [-0.15, -0.1) is 0 Å². The first-order valence-electron chi connectivity index (χ1n) is 8.51. The minimum Gasteiger partial charge on any atom is -0.342 e. The molecule has 4 aliphatic carbocycles. The van der Waals surface area contributed by atoms with Crippen molar-refractivity contribution in [3.05, 3.63) is 0 Å². The third kappa shape index (κ3) is 2.01. The first-order valence-corrected chi connectivity index (χ1v) is 8.51. The van der Waals surface area contributed by atoms with Crippen LogP contribution in [0.1, 0.15) is 58.8 Å². The summed E-state index contributed by atoms with van der Waals surface area (Å²) in [7, 11) is 0. The summed E-state index contributed by atoms with van der Waals surface area (Å²) in [6.45, 7) is 4.32. The molecule has 21 heavy (non-hydrogen) atoms. The maximum absolute atomic E-state index is 13.0. The van der Waals surface area contributed by atoms with Crippen LogP contribution in [0.3, 0.4) is 0 Å². The minimum absolute atomic E-state index is 0.0144. The number of carbonyl (C=O) groups excluding carboxylic acids is 2. The van der Waals surface area contributed by atoms with Crippen molar-refractivity contribution >= 4 is 11.8 Å². The predicted octanol–water partition coefficient (Wildman–Crippen LogP) is 2.08. The minimum atomic E-state index is -0.753. The van der Waals surface area contributed by atoms with Crippen molar-refractivity contribution in [1.82, 2.24) is 10.2 Å². The summed E-state index contributed by atoms with van der Waals surface area (Å²) < 4.78 is 0. The molecule has 4 saturated carbocycles. The monoisotopic (exact) mass is 290 g/mol. The Morgan fingerprint density at radius 3 is 2.05 bits per heavy atom. The van der Waals surface area contributed by atoms with Crippen molar-refractivity contribution in [1.29, 1.82) is 0 Å². The SMILES string of the molecule is CC1(C)NC(=O)CCN(C23CC4CC(CC(C4)C2)C3)C1=O. The first-order chi connectivity index (χ1) is 9.88. The number of hydrogen-bond acceptors (Lipinski definition) is 2. The highest BCUT2D eigenvalue weighted by Crippen LogP contribution is 2.58. The predicted molar refractivity (Wildman–Crippen MR) is 79.5 cm³/mol. The Hall–Kier alpha value is -1.06. The van der Waals surface area contributed by atoms with Crippen molar-refractivity contribution in [2.75, 3.05) is 6.54 Å². The molecular weight excluding hydrogens is 264 g/mol. The van der Waals surface area contributed by atoms with E-state index in [1.807, 2.05) is 13.8 Å². The van der Waals surface area contributed by atoms with E-state index in [4.69, 9.17) is 0 Å². The molecule has 0 aromatic heterocycles. The molecule has 0 aromatic carbocycles. The number of hydrogen-bond donors (Lipinski definition) is 1. The Balaban J connectivity index is 1.68. The fourth-order valence-corrected chi connectivity index (χ4v) is 5.96. The molecule has 5 rings (SSSR count). The van der Waals surface area contributed by atoms with Crippen LogP contribution >= 0.6 is 0 Å². The molecule has 1 saturated heterocycles. The maximum atomic E-state index is 13.0. The van der Waals surface area contributed by atoms with Crippen LogP contribution < -0.4 is 5.32 Å². The number of amides is 2. The lowest BCUT2D eigenvalue weighted by molar-refractivity contribution is -0.155. The molecule has 1 aliphatic heterocycles. The van der Waals surface area contributed by atoms with Gasteiger partial charge in [0.25, 0.3) is 0 Å². The second-order valence-corrected chi connectivity index (χ2v) is 8.52. The van der Waals surface area contributed by atoms with Crippen LogP contribution in [-0.2, 0) is 9.59 Å². The summed E-state index contributed by atoms with van der Waals surface area (Å²) in [6, 6.07) is 0. The van der Waals surface area contributed by atoms with Gasteiger partial charge in [0, 0.05) is 18.5 Å². The average Bonchev–Trinajstić information content (AvgIpc) is 2.45. The van der Waals surface area contributed by atoms with E-state index in [1.165, 1.54) is 38.5 Å². The molecule has 4 nitrogen and oxygen atoms in total. The maximum Gasteiger partial charge on any atom is 0.248 e. The zero-order chi connectivity index (χ0) is 14.8. The molecule has 4 bridgehead atoms. The Morgan fingerprint density at radius 2 is 1.52 bits per heavy atom. The van der Waals surface area contributed by atoms with Gasteiger partial charge >= 0.3 is 0 Å². The molecule has 0 spiro atoms. The highest BCUT2D eigenvalue weighted by Gasteiger charge is 2.56. The van der Waals surface area contributed by atoms with Crippen LogP contribution in [0.15, 0.2) is 0 Å². The van der Waals surface area contributed by atoms with Crippen LogP contribution in [0.25, 0.3) is 0 Å². The van der Waals surface area contributed by atoms with E-state index in [2.05, 4.69) is 10.2 Å².